The van der Waals surface area contributed by atoms with Gasteiger partial charge >= 0.3 is 0 Å². The number of hydroxylamine groups is 1. The lowest BCUT2D eigenvalue weighted by Gasteiger charge is -2.35. The summed E-state index contributed by atoms with van der Waals surface area (Å²) in [6, 6.07) is 20.2. The van der Waals surface area contributed by atoms with Crippen LogP contribution < -0.4 is 10.2 Å². The van der Waals surface area contributed by atoms with Gasteiger partial charge in [0.25, 0.3) is 5.91 Å². The molecule has 0 atom stereocenters. The molecule has 0 aliphatic rings. The number of carbonyl (C=O) groups is 1. The Labute approximate surface area is 204 Å². The number of carbonyl (C=O) groups excluding carboxylic acids is 1. The number of rotatable bonds is 9. The van der Waals surface area contributed by atoms with E-state index in [2.05, 4.69) is 0 Å². The van der Waals surface area contributed by atoms with Gasteiger partial charge in [0.15, 0.2) is 9.84 Å². The van der Waals surface area contributed by atoms with E-state index in [-0.39, 0.29) is 16.3 Å². The van der Waals surface area contributed by atoms with Gasteiger partial charge in [-0.3, -0.25) is 10.0 Å². The predicted molar refractivity (Wildman–Crippen MR) is 129 cm³/mol. The summed E-state index contributed by atoms with van der Waals surface area (Å²) in [5.41, 5.74) is 0.590. The maximum atomic E-state index is 13.6. The number of ether oxygens (including phenoxy) is 1. The molecule has 0 spiro atoms. The van der Waals surface area contributed by atoms with Crippen molar-refractivity contribution in [1.29, 1.82) is 0 Å². The summed E-state index contributed by atoms with van der Waals surface area (Å²) >= 11 is 0. The highest BCUT2D eigenvalue weighted by atomic mass is 32.2. The van der Waals surface area contributed by atoms with Crippen LogP contribution in [0.3, 0.4) is 0 Å². The van der Waals surface area contributed by atoms with Gasteiger partial charge < -0.3 is 4.74 Å². The first-order valence-corrected chi connectivity index (χ1v) is 13.8. The Morgan fingerprint density at radius 3 is 1.80 bits per heavy atom. The lowest BCUT2D eigenvalue weighted by Crippen LogP contribution is -2.56. The maximum Gasteiger partial charge on any atom is 0.264 e. The van der Waals surface area contributed by atoms with Crippen molar-refractivity contribution in [2.75, 3.05) is 6.26 Å². The molecule has 3 rings (SSSR count). The lowest BCUT2D eigenvalue weighted by atomic mass is 10.0. The largest absolute Gasteiger partial charge is 0.457 e. The molecule has 0 aromatic heterocycles. The van der Waals surface area contributed by atoms with Gasteiger partial charge in [-0.1, -0.05) is 30.3 Å². The third-order valence-corrected chi connectivity index (χ3v) is 8.51. The van der Waals surface area contributed by atoms with Gasteiger partial charge in [-0.25, -0.2) is 22.3 Å². The molecule has 3 aromatic rings. The molecule has 3 aromatic carbocycles. The minimum absolute atomic E-state index is 0.0768. The van der Waals surface area contributed by atoms with Crippen LogP contribution in [0, 0.1) is 0 Å². The Morgan fingerprint density at radius 2 is 1.34 bits per heavy atom. The quantitative estimate of drug-likeness (QED) is 0.328. The number of hydrogen-bond acceptors (Lipinski definition) is 7. The fraction of sp³-hybridized carbons (Fsp3) is 0.208. The van der Waals surface area contributed by atoms with Gasteiger partial charge in [-0.2, -0.15) is 4.31 Å². The summed E-state index contributed by atoms with van der Waals surface area (Å²) in [4.78, 5) is 12.4. The molecule has 0 heterocycles. The average Bonchev–Trinajstić information content (AvgIpc) is 2.82. The van der Waals surface area contributed by atoms with E-state index in [9.17, 15) is 26.8 Å². The molecule has 186 valence electrons. The highest BCUT2D eigenvalue weighted by Crippen LogP contribution is 2.30. The molecule has 0 aliphatic carbocycles. The fourth-order valence-electron chi connectivity index (χ4n) is 3.28. The van der Waals surface area contributed by atoms with Gasteiger partial charge in [0, 0.05) is 12.8 Å². The molecule has 11 heteroatoms. The summed E-state index contributed by atoms with van der Waals surface area (Å²) in [7, 11) is -7.52. The van der Waals surface area contributed by atoms with Crippen LogP contribution in [0.4, 0.5) is 0 Å². The molecule has 0 fully saturated rings. The van der Waals surface area contributed by atoms with Crippen molar-refractivity contribution >= 4 is 25.8 Å². The first kappa shape index (κ1) is 26.4. The van der Waals surface area contributed by atoms with Crippen molar-refractivity contribution in [3.63, 3.8) is 0 Å². The number of sulfonamides is 1. The number of benzene rings is 3. The van der Waals surface area contributed by atoms with Crippen molar-refractivity contribution in [3.05, 3.63) is 84.4 Å². The van der Waals surface area contributed by atoms with E-state index >= 15 is 0 Å². The molecule has 0 radical (unpaired) electrons. The Morgan fingerprint density at radius 1 is 0.857 bits per heavy atom. The predicted octanol–water partition coefficient (Wildman–Crippen LogP) is 3.36. The standard InChI is InChI=1S/C24H26N2O7S2/c1-24(2,23(27)25-28)26(17-18-7-5-4-6-8-18)35(31,32)22-15-11-20(12-16-22)33-19-9-13-21(14-10-19)34(3,29)30/h4-16,28H,17H2,1-3H3,(H,25,27). The van der Waals surface area contributed by atoms with Crippen LogP contribution in [0.5, 0.6) is 11.5 Å². The van der Waals surface area contributed by atoms with Gasteiger partial charge in [-0.05, 0) is 67.9 Å². The van der Waals surface area contributed by atoms with Crippen LogP contribution in [0.25, 0.3) is 0 Å². The second kappa shape index (κ2) is 10.2. The average molecular weight is 519 g/mol. The molecule has 0 saturated heterocycles. The van der Waals surface area contributed by atoms with Crippen LogP contribution in [-0.4, -0.2) is 44.0 Å². The summed E-state index contributed by atoms with van der Waals surface area (Å²) in [6.07, 6.45) is 1.11. The second-order valence-electron chi connectivity index (χ2n) is 8.31. The van der Waals surface area contributed by atoms with Crippen LogP contribution in [0.1, 0.15) is 19.4 Å². The van der Waals surface area contributed by atoms with E-state index in [0.717, 1.165) is 10.6 Å². The van der Waals surface area contributed by atoms with E-state index < -0.39 is 31.3 Å². The topological polar surface area (TPSA) is 130 Å². The highest BCUT2D eigenvalue weighted by Gasteiger charge is 2.42. The van der Waals surface area contributed by atoms with Gasteiger partial charge in [0.05, 0.1) is 9.79 Å². The summed E-state index contributed by atoms with van der Waals surface area (Å²) < 4.78 is 57.0. The second-order valence-corrected chi connectivity index (χ2v) is 12.2. The summed E-state index contributed by atoms with van der Waals surface area (Å²) in [5, 5.41) is 9.19. The molecular weight excluding hydrogens is 492 g/mol. The number of amides is 1. The molecule has 0 aliphatic heterocycles. The number of nitrogens with zero attached hydrogens (tertiary/aromatic N) is 1. The van der Waals surface area contributed by atoms with Gasteiger partial charge in [-0.15, -0.1) is 0 Å². The molecule has 35 heavy (non-hydrogen) atoms. The monoisotopic (exact) mass is 518 g/mol. The minimum Gasteiger partial charge on any atom is -0.457 e. The number of sulfone groups is 1. The zero-order valence-electron chi connectivity index (χ0n) is 19.4. The fourth-order valence-corrected chi connectivity index (χ4v) is 5.65. The number of hydrogen-bond donors (Lipinski definition) is 2. The maximum absolute atomic E-state index is 13.6. The SMILES string of the molecule is CC(C)(C(=O)NO)N(Cc1ccccc1)S(=O)(=O)c1ccc(Oc2ccc(S(C)(=O)=O)cc2)cc1. The molecule has 9 nitrogen and oxygen atoms in total. The van der Waals surface area contributed by atoms with Crippen molar-refractivity contribution in [3.8, 4) is 11.5 Å². The van der Waals surface area contributed by atoms with Crippen LogP contribution in [0.15, 0.2) is 88.7 Å². The zero-order chi connectivity index (χ0) is 25.9. The molecule has 0 saturated carbocycles. The smallest absolute Gasteiger partial charge is 0.264 e. The Hall–Kier alpha value is -3.25. The Kier molecular flexibility index (Phi) is 7.65. The normalized spacial score (nSPS) is 12.4. The van der Waals surface area contributed by atoms with Gasteiger partial charge in [0.1, 0.15) is 17.0 Å². The summed E-state index contributed by atoms with van der Waals surface area (Å²) in [5.74, 6) is -0.174. The molecule has 0 bridgehead atoms. The van der Waals surface area contributed by atoms with Crippen molar-refractivity contribution in [2.45, 2.75) is 35.7 Å². The third-order valence-electron chi connectivity index (χ3n) is 5.35. The molecule has 0 unspecified atom stereocenters. The van der Waals surface area contributed by atoms with Crippen molar-refractivity contribution < 1.29 is 31.6 Å². The van der Waals surface area contributed by atoms with Crippen molar-refractivity contribution in [1.82, 2.24) is 9.79 Å². The van der Waals surface area contributed by atoms with E-state index in [1.54, 1.807) is 35.8 Å². The lowest BCUT2D eigenvalue weighted by molar-refractivity contribution is -0.137. The molecule has 2 N–H and O–H groups in total. The van der Waals surface area contributed by atoms with Crippen LogP contribution in [-0.2, 0) is 31.2 Å². The zero-order valence-corrected chi connectivity index (χ0v) is 21.0. The third kappa shape index (κ3) is 6.06. The number of nitrogens with one attached hydrogen (secondary N) is 1. The molecular formula is C24H26N2O7S2. The molecule has 1 amide bonds. The van der Waals surface area contributed by atoms with Crippen LogP contribution >= 0.6 is 0 Å². The van der Waals surface area contributed by atoms with E-state index in [1.165, 1.54) is 62.4 Å². The Balaban J connectivity index is 1.90. The first-order chi connectivity index (χ1) is 16.4. The Bertz CT molecular complexity index is 1390. The van der Waals surface area contributed by atoms with E-state index in [0.29, 0.717) is 17.1 Å². The van der Waals surface area contributed by atoms with Crippen molar-refractivity contribution in [2.24, 2.45) is 0 Å². The minimum atomic E-state index is -4.18. The van der Waals surface area contributed by atoms with E-state index in [1.807, 2.05) is 0 Å². The first-order valence-electron chi connectivity index (χ1n) is 10.4. The summed E-state index contributed by atoms with van der Waals surface area (Å²) in [6.45, 7) is 2.70. The van der Waals surface area contributed by atoms with Crippen LogP contribution in [0.2, 0.25) is 0 Å². The van der Waals surface area contributed by atoms with E-state index in [4.69, 9.17) is 4.74 Å². The highest BCUT2D eigenvalue weighted by molar-refractivity contribution is 7.90. The van der Waals surface area contributed by atoms with Gasteiger partial charge in [0.2, 0.25) is 10.0 Å².